The predicted octanol–water partition coefficient (Wildman–Crippen LogP) is 1.75. The van der Waals surface area contributed by atoms with Crippen LogP contribution in [-0.2, 0) is 9.59 Å². The average Bonchev–Trinajstić information content (AvgIpc) is 2.30. The van der Waals surface area contributed by atoms with Crippen LogP contribution in [0.15, 0.2) is 18.2 Å². The fourth-order valence-corrected chi connectivity index (χ4v) is 2.16. The van der Waals surface area contributed by atoms with Gasteiger partial charge in [-0.15, -0.1) is 0 Å². The number of benzene rings is 1. The maximum absolute atomic E-state index is 12.1. The van der Waals surface area contributed by atoms with Crippen LogP contribution in [0, 0.1) is 18.8 Å². The first-order valence-corrected chi connectivity index (χ1v) is 6.87. The van der Waals surface area contributed by atoms with Crippen molar-refractivity contribution in [2.45, 2.75) is 20.8 Å². The van der Waals surface area contributed by atoms with E-state index < -0.39 is 0 Å². The van der Waals surface area contributed by atoms with E-state index in [1.807, 2.05) is 26.0 Å². The highest BCUT2D eigenvalue weighted by molar-refractivity contribution is 5.95. The molecule has 2 amide bonds. The minimum atomic E-state index is -0.120. The van der Waals surface area contributed by atoms with E-state index in [1.54, 1.807) is 6.07 Å². The Morgan fingerprint density at radius 3 is 2.55 bits per heavy atom. The molecule has 0 bridgehead atoms. The number of hydrogen-bond acceptors (Lipinski definition) is 3. The number of amides is 2. The number of carbonyl (C=O) groups is 2. The molecule has 1 aliphatic rings. The zero-order chi connectivity index (χ0) is 14.7. The van der Waals surface area contributed by atoms with Gasteiger partial charge in [-0.2, -0.15) is 0 Å². The molecular formula is C15H21N3O2. The van der Waals surface area contributed by atoms with Crippen molar-refractivity contribution in [2.75, 3.05) is 23.7 Å². The Morgan fingerprint density at radius 2 is 2.00 bits per heavy atom. The Kier molecular flexibility index (Phi) is 4.39. The summed E-state index contributed by atoms with van der Waals surface area (Å²) in [6, 6.07) is 5.53. The minimum Gasteiger partial charge on any atom is -0.326 e. The van der Waals surface area contributed by atoms with Gasteiger partial charge in [-0.3, -0.25) is 9.59 Å². The zero-order valence-electron chi connectivity index (χ0n) is 12.1. The second-order valence-corrected chi connectivity index (χ2v) is 5.41. The van der Waals surface area contributed by atoms with Crippen LogP contribution in [0.1, 0.15) is 19.4 Å². The lowest BCUT2D eigenvalue weighted by Gasteiger charge is -2.31. The molecule has 0 aromatic heterocycles. The van der Waals surface area contributed by atoms with Crippen LogP contribution in [0.4, 0.5) is 11.4 Å². The first kappa shape index (κ1) is 14.5. The summed E-state index contributed by atoms with van der Waals surface area (Å²) < 4.78 is 0. The summed E-state index contributed by atoms with van der Waals surface area (Å²) in [7, 11) is 0. The third-order valence-corrected chi connectivity index (χ3v) is 3.75. The topological polar surface area (TPSA) is 70.2 Å². The third-order valence-electron chi connectivity index (χ3n) is 3.75. The fraction of sp³-hybridized carbons (Fsp3) is 0.467. The van der Waals surface area contributed by atoms with Gasteiger partial charge in [-0.25, -0.2) is 0 Å². The highest BCUT2D eigenvalue weighted by atomic mass is 16.2. The smallest absolute Gasteiger partial charge is 0.227 e. The number of carbonyl (C=O) groups excluding carboxylic acids is 2. The van der Waals surface area contributed by atoms with E-state index in [1.165, 1.54) is 6.92 Å². The van der Waals surface area contributed by atoms with Crippen LogP contribution >= 0.6 is 0 Å². The molecule has 0 spiro atoms. The average molecular weight is 275 g/mol. The highest BCUT2D eigenvalue weighted by Crippen LogP contribution is 2.22. The largest absolute Gasteiger partial charge is 0.326 e. The molecule has 5 heteroatoms. The Balaban J connectivity index is 2.05. The van der Waals surface area contributed by atoms with Gasteiger partial charge < -0.3 is 16.0 Å². The van der Waals surface area contributed by atoms with Gasteiger partial charge in [-0.05, 0) is 43.6 Å². The number of aryl methyl sites for hydroxylation is 1. The maximum atomic E-state index is 12.1. The summed E-state index contributed by atoms with van der Waals surface area (Å²) >= 11 is 0. The molecule has 0 radical (unpaired) electrons. The fourth-order valence-electron chi connectivity index (χ4n) is 2.16. The van der Waals surface area contributed by atoms with Gasteiger partial charge in [0.1, 0.15) is 0 Å². The van der Waals surface area contributed by atoms with Crippen molar-refractivity contribution in [1.82, 2.24) is 5.32 Å². The predicted molar refractivity (Wildman–Crippen MR) is 79.6 cm³/mol. The van der Waals surface area contributed by atoms with E-state index in [0.29, 0.717) is 11.6 Å². The quantitative estimate of drug-likeness (QED) is 0.784. The highest BCUT2D eigenvalue weighted by Gasteiger charge is 2.28. The van der Waals surface area contributed by atoms with E-state index >= 15 is 0 Å². The monoisotopic (exact) mass is 275 g/mol. The molecule has 1 unspecified atom stereocenters. The van der Waals surface area contributed by atoms with E-state index in [4.69, 9.17) is 0 Å². The Labute approximate surface area is 119 Å². The van der Waals surface area contributed by atoms with Gasteiger partial charge in [0.15, 0.2) is 0 Å². The normalized spacial score (nSPS) is 16.1. The molecular weight excluding hydrogens is 254 g/mol. The number of anilines is 2. The molecule has 20 heavy (non-hydrogen) atoms. The Hall–Kier alpha value is -1.88. The summed E-state index contributed by atoms with van der Waals surface area (Å²) in [6.45, 7) is 7.14. The molecule has 1 atom stereocenters. The van der Waals surface area contributed by atoms with Crippen molar-refractivity contribution in [3.8, 4) is 0 Å². The first-order valence-electron chi connectivity index (χ1n) is 6.87. The van der Waals surface area contributed by atoms with E-state index in [0.717, 1.165) is 24.3 Å². The van der Waals surface area contributed by atoms with E-state index in [-0.39, 0.29) is 17.7 Å². The molecule has 1 fully saturated rings. The van der Waals surface area contributed by atoms with Gasteiger partial charge in [0.25, 0.3) is 0 Å². The van der Waals surface area contributed by atoms with Crippen molar-refractivity contribution in [2.24, 2.45) is 11.8 Å². The maximum Gasteiger partial charge on any atom is 0.227 e. The van der Waals surface area contributed by atoms with Crippen LogP contribution in [0.5, 0.6) is 0 Å². The van der Waals surface area contributed by atoms with Crippen LogP contribution in [-0.4, -0.2) is 24.9 Å². The molecule has 0 aliphatic carbocycles. The molecule has 0 saturated carbocycles. The molecule has 2 rings (SSSR count). The van der Waals surface area contributed by atoms with Crippen molar-refractivity contribution in [3.05, 3.63) is 23.8 Å². The summed E-state index contributed by atoms with van der Waals surface area (Å²) in [5.41, 5.74) is 2.41. The van der Waals surface area contributed by atoms with Gasteiger partial charge >= 0.3 is 0 Å². The number of hydrogen-bond donors (Lipinski definition) is 3. The Bertz CT molecular complexity index is 524. The van der Waals surface area contributed by atoms with Crippen LogP contribution in [0.2, 0.25) is 0 Å². The van der Waals surface area contributed by atoms with Gasteiger partial charge in [0.05, 0.1) is 0 Å². The molecule has 1 aromatic carbocycles. The lowest BCUT2D eigenvalue weighted by molar-refractivity contribution is -0.121. The summed E-state index contributed by atoms with van der Waals surface area (Å²) in [4.78, 5) is 23.3. The SMILES string of the molecule is CC(=O)Nc1cc(NC(=O)C(C)C2CNC2)ccc1C. The molecule has 3 N–H and O–H groups in total. The number of nitrogens with one attached hydrogen (secondary N) is 3. The van der Waals surface area contributed by atoms with Crippen molar-refractivity contribution in [3.63, 3.8) is 0 Å². The first-order chi connectivity index (χ1) is 9.47. The molecule has 1 heterocycles. The molecule has 1 saturated heterocycles. The van der Waals surface area contributed by atoms with Crippen molar-refractivity contribution >= 4 is 23.2 Å². The second-order valence-electron chi connectivity index (χ2n) is 5.41. The van der Waals surface area contributed by atoms with Crippen LogP contribution < -0.4 is 16.0 Å². The van der Waals surface area contributed by atoms with Crippen LogP contribution in [0.25, 0.3) is 0 Å². The van der Waals surface area contributed by atoms with E-state index in [9.17, 15) is 9.59 Å². The number of rotatable bonds is 4. The van der Waals surface area contributed by atoms with Gasteiger partial charge in [0.2, 0.25) is 11.8 Å². The van der Waals surface area contributed by atoms with Gasteiger partial charge in [-0.1, -0.05) is 13.0 Å². The van der Waals surface area contributed by atoms with E-state index in [2.05, 4.69) is 16.0 Å². The summed E-state index contributed by atoms with van der Waals surface area (Å²) in [6.07, 6.45) is 0. The third kappa shape index (κ3) is 3.36. The summed E-state index contributed by atoms with van der Waals surface area (Å²) in [5.74, 6) is 0.302. The molecule has 1 aromatic rings. The Morgan fingerprint density at radius 1 is 1.30 bits per heavy atom. The minimum absolute atomic E-state index is 0.0123. The molecule has 5 nitrogen and oxygen atoms in total. The summed E-state index contributed by atoms with van der Waals surface area (Å²) in [5, 5.41) is 8.85. The standard InChI is InChI=1S/C15H21N3O2/c1-9-4-5-13(6-14(9)17-11(3)19)18-15(20)10(2)12-7-16-8-12/h4-6,10,12,16H,7-8H2,1-3H3,(H,17,19)(H,18,20). The van der Waals surface area contributed by atoms with Gasteiger partial charge in [0, 0.05) is 24.2 Å². The van der Waals surface area contributed by atoms with Crippen molar-refractivity contribution in [1.29, 1.82) is 0 Å². The molecule has 1 aliphatic heterocycles. The van der Waals surface area contributed by atoms with Crippen molar-refractivity contribution < 1.29 is 9.59 Å². The molecule has 108 valence electrons. The van der Waals surface area contributed by atoms with Crippen LogP contribution in [0.3, 0.4) is 0 Å². The lowest BCUT2D eigenvalue weighted by Crippen LogP contribution is -2.48. The second kappa shape index (κ2) is 6.05. The lowest BCUT2D eigenvalue weighted by atomic mass is 9.88. The zero-order valence-corrected chi connectivity index (χ0v) is 12.1.